The zero-order chi connectivity index (χ0) is 15.0. The molecule has 5 nitrogen and oxygen atoms in total. The van der Waals surface area contributed by atoms with Crippen LogP contribution in [0, 0.1) is 18.3 Å². The zero-order valence-electron chi connectivity index (χ0n) is 11.2. The van der Waals surface area contributed by atoms with Crippen molar-refractivity contribution in [1.29, 1.82) is 5.26 Å². The number of aromatic nitrogens is 3. The summed E-state index contributed by atoms with van der Waals surface area (Å²) in [6.45, 7) is 2.19. The number of hydrogen-bond acceptors (Lipinski definition) is 3. The molecule has 0 radical (unpaired) electrons. The van der Waals surface area contributed by atoms with E-state index in [2.05, 4.69) is 5.10 Å². The summed E-state index contributed by atoms with van der Waals surface area (Å²) in [5.41, 5.74) is 2.48. The van der Waals surface area contributed by atoms with E-state index in [0.717, 1.165) is 11.3 Å². The fraction of sp³-hybridized carbons (Fsp3) is 0.133. The molecule has 2 heterocycles. The summed E-state index contributed by atoms with van der Waals surface area (Å²) >= 11 is 6.15. The number of aryl methyl sites for hydroxylation is 1. The molecular formula is C15H11ClN4O. The largest absolute Gasteiger partial charge is 0.308 e. The third-order valence-corrected chi connectivity index (χ3v) is 3.60. The molecule has 2 aromatic heterocycles. The topological polar surface area (TPSA) is 63.1 Å². The van der Waals surface area contributed by atoms with E-state index in [1.165, 1.54) is 0 Å². The van der Waals surface area contributed by atoms with Crippen molar-refractivity contribution >= 4 is 17.1 Å². The maximum absolute atomic E-state index is 12.4. The smallest absolute Gasteiger partial charge is 0.276 e. The van der Waals surface area contributed by atoms with Crippen molar-refractivity contribution in [3.05, 3.63) is 68.9 Å². The van der Waals surface area contributed by atoms with Gasteiger partial charge in [0.1, 0.15) is 5.52 Å². The Morgan fingerprint density at radius 3 is 2.86 bits per heavy atom. The van der Waals surface area contributed by atoms with Gasteiger partial charge in [-0.2, -0.15) is 10.4 Å². The van der Waals surface area contributed by atoms with E-state index in [9.17, 15) is 4.79 Å². The minimum Gasteiger partial charge on any atom is -0.308 e. The predicted octanol–water partition coefficient (Wildman–Crippen LogP) is 2.38. The average molecular weight is 299 g/mol. The molecule has 0 unspecified atom stereocenters. The number of fused-ring (bicyclic) bond motifs is 1. The number of benzene rings is 1. The summed E-state index contributed by atoms with van der Waals surface area (Å²) in [4.78, 5) is 12.4. The normalized spacial score (nSPS) is 10.7. The predicted molar refractivity (Wildman–Crippen MR) is 79.5 cm³/mol. The van der Waals surface area contributed by atoms with Crippen LogP contribution in [0.5, 0.6) is 0 Å². The lowest BCUT2D eigenvalue weighted by Gasteiger charge is -2.08. The quantitative estimate of drug-likeness (QED) is 0.729. The van der Waals surface area contributed by atoms with E-state index < -0.39 is 0 Å². The number of halogens is 1. The summed E-state index contributed by atoms with van der Waals surface area (Å²) in [5.74, 6) is 0. The summed E-state index contributed by atoms with van der Waals surface area (Å²) in [6.07, 6.45) is 3.41. The van der Waals surface area contributed by atoms with Crippen LogP contribution in [0.1, 0.15) is 16.8 Å². The first-order chi connectivity index (χ1) is 10.1. The molecule has 0 aliphatic carbocycles. The highest BCUT2D eigenvalue weighted by Crippen LogP contribution is 2.18. The molecule has 0 bridgehead atoms. The van der Waals surface area contributed by atoms with Gasteiger partial charge in [0.05, 0.1) is 23.9 Å². The highest BCUT2D eigenvalue weighted by molar-refractivity contribution is 6.31. The van der Waals surface area contributed by atoms with Crippen molar-refractivity contribution < 1.29 is 0 Å². The lowest BCUT2D eigenvalue weighted by atomic mass is 10.1. The molecule has 0 fully saturated rings. The molecule has 21 heavy (non-hydrogen) atoms. The van der Waals surface area contributed by atoms with Crippen molar-refractivity contribution in [2.45, 2.75) is 13.5 Å². The Balaban J connectivity index is 2.04. The van der Waals surface area contributed by atoms with Gasteiger partial charge in [0, 0.05) is 17.4 Å². The lowest BCUT2D eigenvalue weighted by Crippen LogP contribution is -2.21. The van der Waals surface area contributed by atoms with Crippen LogP contribution in [-0.2, 0) is 6.54 Å². The van der Waals surface area contributed by atoms with Gasteiger partial charge in [-0.1, -0.05) is 17.7 Å². The molecule has 104 valence electrons. The second-order valence-electron chi connectivity index (χ2n) is 4.76. The van der Waals surface area contributed by atoms with E-state index in [1.54, 1.807) is 45.7 Å². The first-order valence-electron chi connectivity index (χ1n) is 6.32. The zero-order valence-corrected chi connectivity index (χ0v) is 12.0. The van der Waals surface area contributed by atoms with E-state index in [4.69, 9.17) is 16.9 Å². The van der Waals surface area contributed by atoms with E-state index in [1.807, 2.05) is 13.0 Å². The Labute approximate surface area is 125 Å². The summed E-state index contributed by atoms with van der Waals surface area (Å²) < 4.78 is 3.14. The summed E-state index contributed by atoms with van der Waals surface area (Å²) in [6, 6.07) is 8.83. The van der Waals surface area contributed by atoms with Crippen molar-refractivity contribution in [3.8, 4) is 6.07 Å². The van der Waals surface area contributed by atoms with Gasteiger partial charge in [0.15, 0.2) is 0 Å². The fourth-order valence-electron chi connectivity index (χ4n) is 2.20. The molecule has 0 aliphatic rings. The number of rotatable bonds is 2. The maximum atomic E-state index is 12.4. The second-order valence-corrected chi connectivity index (χ2v) is 5.17. The van der Waals surface area contributed by atoms with Gasteiger partial charge in [-0.15, -0.1) is 0 Å². The number of nitrogens with zero attached hydrogens (tertiary/aromatic N) is 4. The fourth-order valence-corrected chi connectivity index (χ4v) is 2.44. The SMILES string of the molecule is Cc1cc2c(=O)n(Cc3ccc(C#N)cc3Cl)ccn2n1. The third kappa shape index (κ3) is 2.41. The van der Waals surface area contributed by atoms with Crippen LogP contribution in [0.15, 0.2) is 41.5 Å². The van der Waals surface area contributed by atoms with Crippen molar-refractivity contribution in [2.75, 3.05) is 0 Å². The minimum absolute atomic E-state index is 0.126. The van der Waals surface area contributed by atoms with Crippen LogP contribution in [0.25, 0.3) is 5.52 Å². The molecule has 0 saturated carbocycles. The Morgan fingerprint density at radius 2 is 2.14 bits per heavy atom. The van der Waals surface area contributed by atoms with Gasteiger partial charge in [-0.05, 0) is 30.7 Å². The van der Waals surface area contributed by atoms with Gasteiger partial charge in [0.2, 0.25) is 0 Å². The molecule has 0 N–H and O–H groups in total. The Morgan fingerprint density at radius 1 is 1.33 bits per heavy atom. The highest BCUT2D eigenvalue weighted by Gasteiger charge is 2.08. The Hall–Kier alpha value is -2.58. The second kappa shape index (κ2) is 5.08. The van der Waals surface area contributed by atoms with Crippen LogP contribution >= 0.6 is 11.6 Å². The Bertz CT molecular complexity index is 933. The van der Waals surface area contributed by atoms with Crippen LogP contribution in [0.3, 0.4) is 0 Å². The maximum Gasteiger partial charge on any atom is 0.276 e. The molecule has 0 atom stereocenters. The number of hydrogen-bond donors (Lipinski definition) is 0. The molecule has 0 spiro atoms. The van der Waals surface area contributed by atoms with Crippen LogP contribution in [-0.4, -0.2) is 14.2 Å². The molecule has 0 saturated heterocycles. The van der Waals surface area contributed by atoms with Gasteiger partial charge in [-0.25, -0.2) is 4.52 Å². The highest BCUT2D eigenvalue weighted by atomic mass is 35.5. The van der Waals surface area contributed by atoms with E-state index >= 15 is 0 Å². The van der Waals surface area contributed by atoms with Crippen molar-refractivity contribution in [3.63, 3.8) is 0 Å². The van der Waals surface area contributed by atoms with E-state index in [0.29, 0.717) is 22.6 Å². The van der Waals surface area contributed by atoms with Crippen LogP contribution in [0.4, 0.5) is 0 Å². The lowest BCUT2D eigenvalue weighted by molar-refractivity contribution is 0.742. The molecule has 3 rings (SSSR count). The van der Waals surface area contributed by atoms with Crippen molar-refractivity contribution in [2.24, 2.45) is 0 Å². The first-order valence-corrected chi connectivity index (χ1v) is 6.70. The van der Waals surface area contributed by atoms with Crippen LogP contribution < -0.4 is 5.56 Å². The summed E-state index contributed by atoms with van der Waals surface area (Å²) in [7, 11) is 0. The van der Waals surface area contributed by atoms with Gasteiger partial charge in [-0.3, -0.25) is 4.79 Å². The van der Waals surface area contributed by atoms with Gasteiger partial charge >= 0.3 is 0 Å². The molecule has 0 amide bonds. The Kier molecular flexibility index (Phi) is 3.24. The summed E-state index contributed by atoms with van der Waals surface area (Å²) in [5, 5.41) is 13.5. The van der Waals surface area contributed by atoms with Gasteiger partial charge in [0.25, 0.3) is 5.56 Å². The standard InChI is InChI=1S/C15H11ClN4O/c1-10-6-14-15(21)19(4-5-20(14)18-10)9-12-3-2-11(8-17)7-13(12)16/h2-7H,9H2,1H3. The first kappa shape index (κ1) is 13.4. The minimum atomic E-state index is -0.126. The van der Waals surface area contributed by atoms with Crippen molar-refractivity contribution in [1.82, 2.24) is 14.2 Å². The third-order valence-electron chi connectivity index (χ3n) is 3.25. The average Bonchev–Trinajstić information content (AvgIpc) is 2.85. The molecule has 3 aromatic rings. The molecule has 1 aromatic carbocycles. The van der Waals surface area contributed by atoms with Gasteiger partial charge < -0.3 is 4.57 Å². The molecule has 6 heteroatoms. The monoisotopic (exact) mass is 298 g/mol. The van der Waals surface area contributed by atoms with E-state index in [-0.39, 0.29) is 5.56 Å². The number of nitriles is 1. The van der Waals surface area contributed by atoms with Crippen LogP contribution in [0.2, 0.25) is 5.02 Å². The molecular weight excluding hydrogens is 288 g/mol. The molecule has 0 aliphatic heterocycles.